The van der Waals surface area contributed by atoms with Crippen molar-refractivity contribution in [2.24, 2.45) is 0 Å². The van der Waals surface area contributed by atoms with Gasteiger partial charge in [-0.2, -0.15) is 0 Å². The van der Waals surface area contributed by atoms with Gasteiger partial charge in [0.15, 0.2) is 0 Å². The molecular formula is C20H29N3O4. The van der Waals surface area contributed by atoms with E-state index in [0.29, 0.717) is 30.7 Å². The van der Waals surface area contributed by atoms with Gasteiger partial charge in [-0.1, -0.05) is 6.07 Å². The molecule has 0 unspecified atom stereocenters. The lowest BCUT2D eigenvalue weighted by molar-refractivity contribution is 0.0464. The Morgan fingerprint density at radius 2 is 1.89 bits per heavy atom. The normalized spacial score (nSPS) is 12.1. The van der Waals surface area contributed by atoms with Gasteiger partial charge in [-0.3, -0.25) is 0 Å². The van der Waals surface area contributed by atoms with Crippen molar-refractivity contribution in [2.45, 2.75) is 65.6 Å². The number of carbonyl (C=O) groups is 2. The number of ether oxygens (including phenoxy) is 2. The summed E-state index contributed by atoms with van der Waals surface area (Å²) >= 11 is 0. The molecule has 0 saturated heterocycles. The Kier molecular flexibility index (Phi) is 6.13. The van der Waals surface area contributed by atoms with E-state index in [1.54, 1.807) is 19.3 Å². The molecule has 2 rings (SSSR count). The topological polar surface area (TPSA) is 82.5 Å². The lowest BCUT2D eigenvalue weighted by Crippen LogP contribution is -2.46. The summed E-state index contributed by atoms with van der Waals surface area (Å²) < 4.78 is 12.4. The Labute approximate surface area is 160 Å². The molecule has 148 valence electrons. The monoisotopic (exact) mass is 375 g/mol. The molecule has 0 spiro atoms. The lowest BCUT2D eigenvalue weighted by atomic mass is 10.0. The number of alkyl carbamates (subject to hydrolysis) is 1. The fraction of sp³-hybridized carbons (Fsp3) is 0.550. The number of para-hydroxylation sites is 1. The van der Waals surface area contributed by atoms with Gasteiger partial charge in [0.25, 0.3) is 0 Å². The number of hydrogen-bond acceptors (Lipinski definition) is 5. The molecule has 0 aliphatic rings. The highest BCUT2D eigenvalue weighted by atomic mass is 16.6. The summed E-state index contributed by atoms with van der Waals surface area (Å²) in [5.41, 5.74) is 0.934. The molecule has 1 heterocycles. The van der Waals surface area contributed by atoms with Crippen LogP contribution in [0.25, 0.3) is 11.0 Å². The van der Waals surface area contributed by atoms with Gasteiger partial charge >= 0.3 is 12.1 Å². The van der Waals surface area contributed by atoms with E-state index in [4.69, 9.17) is 9.47 Å². The average Bonchev–Trinajstić information content (AvgIpc) is 2.94. The van der Waals surface area contributed by atoms with E-state index in [9.17, 15) is 9.59 Å². The summed E-state index contributed by atoms with van der Waals surface area (Å²) in [6.45, 7) is 12.1. The smallest absolute Gasteiger partial charge is 0.408 e. The Balaban J connectivity index is 2.09. The van der Waals surface area contributed by atoms with E-state index in [-0.39, 0.29) is 5.97 Å². The standard InChI is InChI=1S/C20H29N3O4/c1-7-26-17(24)14-9-8-10-15-16(14)21-13-23(15)12-11-20(5,6)22-18(25)27-19(2,3)4/h8-10,13H,7,11-12H2,1-6H3,(H,22,25). The summed E-state index contributed by atoms with van der Waals surface area (Å²) in [5, 5.41) is 2.90. The molecular weight excluding hydrogens is 346 g/mol. The Hall–Kier alpha value is -2.57. The van der Waals surface area contributed by atoms with Crippen LogP contribution in [-0.2, 0) is 16.0 Å². The minimum atomic E-state index is -0.537. The second kappa shape index (κ2) is 7.98. The summed E-state index contributed by atoms with van der Waals surface area (Å²) in [5.74, 6) is -0.375. The molecule has 0 atom stereocenters. The van der Waals surface area contributed by atoms with Crippen molar-refractivity contribution in [3.8, 4) is 0 Å². The van der Waals surface area contributed by atoms with Crippen molar-refractivity contribution < 1.29 is 19.1 Å². The Morgan fingerprint density at radius 3 is 2.52 bits per heavy atom. The van der Waals surface area contributed by atoms with Crippen molar-refractivity contribution in [3.05, 3.63) is 30.1 Å². The molecule has 1 amide bonds. The van der Waals surface area contributed by atoms with Gasteiger partial charge in [0.1, 0.15) is 11.1 Å². The molecule has 7 heteroatoms. The second-order valence-electron chi connectivity index (χ2n) is 8.09. The van der Waals surface area contributed by atoms with Gasteiger partial charge in [0.05, 0.1) is 24.0 Å². The zero-order valence-corrected chi connectivity index (χ0v) is 17.0. The van der Waals surface area contributed by atoms with Crippen LogP contribution in [0, 0.1) is 0 Å². The number of aromatic nitrogens is 2. The van der Waals surface area contributed by atoms with Crippen LogP contribution < -0.4 is 5.32 Å². The maximum atomic E-state index is 12.1. The van der Waals surface area contributed by atoms with Crippen molar-refractivity contribution in [1.82, 2.24) is 14.9 Å². The number of esters is 1. The van der Waals surface area contributed by atoms with Gasteiger partial charge in [0, 0.05) is 12.1 Å². The number of benzene rings is 1. The van der Waals surface area contributed by atoms with E-state index >= 15 is 0 Å². The zero-order chi connectivity index (χ0) is 20.2. The van der Waals surface area contributed by atoms with E-state index in [0.717, 1.165) is 5.52 Å². The van der Waals surface area contributed by atoms with Gasteiger partial charge in [0.2, 0.25) is 0 Å². The van der Waals surface area contributed by atoms with Crippen LogP contribution in [0.2, 0.25) is 0 Å². The third-order valence-electron chi connectivity index (χ3n) is 3.96. The van der Waals surface area contributed by atoms with Crippen LogP contribution in [0.4, 0.5) is 4.79 Å². The molecule has 0 aliphatic carbocycles. The summed E-state index contributed by atoms with van der Waals surface area (Å²) in [6, 6.07) is 5.45. The average molecular weight is 375 g/mol. The molecule has 0 aliphatic heterocycles. The van der Waals surface area contributed by atoms with Crippen molar-refractivity contribution in [2.75, 3.05) is 6.61 Å². The largest absolute Gasteiger partial charge is 0.462 e. The summed E-state index contributed by atoms with van der Waals surface area (Å²) in [7, 11) is 0. The molecule has 7 nitrogen and oxygen atoms in total. The predicted molar refractivity (Wildman–Crippen MR) is 104 cm³/mol. The van der Waals surface area contributed by atoms with Crippen LogP contribution in [0.1, 0.15) is 58.3 Å². The highest BCUT2D eigenvalue weighted by Crippen LogP contribution is 2.20. The SMILES string of the molecule is CCOC(=O)c1cccc2c1ncn2CCC(C)(C)NC(=O)OC(C)(C)C. The zero-order valence-electron chi connectivity index (χ0n) is 17.0. The number of rotatable bonds is 6. The first-order valence-electron chi connectivity index (χ1n) is 9.14. The number of carbonyl (C=O) groups excluding carboxylic acids is 2. The molecule has 1 N–H and O–H groups in total. The highest BCUT2D eigenvalue weighted by molar-refractivity contribution is 6.01. The van der Waals surface area contributed by atoms with Crippen LogP contribution >= 0.6 is 0 Å². The highest BCUT2D eigenvalue weighted by Gasteiger charge is 2.25. The van der Waals surface area contributed by atoms with Crippen LogP contribution in [-0.4, -0.2) is 39.4 Å². The van der Waals surface area contributed by atoms with Crippen LogP contribution in [0.3, 0.4) is 0 Å². The molecule has 1 aromatic heterocycles. The number of imidazole rings is 1. The molecule has 2 aromatic rings. The lowest BCUT2D eigenvalue weighted by Gasteiger charge is -2.28. The van der Waals surface area contributed by atoms with Gasteiger partial charge in [-0.05, 0) is 60.1 Å². The summed E-state index contributed by atoms with van der Waals surface area (Å²) in [6.07, 6.45) is 1.94. The maximum Gasteiger partial charge on any atom is 0.408 e. The predicted octanol–water partition coefficient (Wildman–Crippen LogP) is 3.91. The van der Waals surface area contributed by atoms with Gasteiger partial charge in [-0.15, -0.1) is 0 Å². The van der Waals surface area contributed by atoms with Crippen molar-refractivity contribution in [3.63, 3.8) is 0 Å². The molecule has 0 saturated carbocycles. The second-order valence-corrected chi connectivity index (χ2v) is 8.09. The quantitative estimate of drug-likeness (QED) is 0.774. The third-order valence-corrected chi connectivity index (χ3v) is 3.96. The van der Waals surface area contributed by atoms with Gasteiger partial charge in [-0.25, -0.2) is 14.6 Å². The number of aryl methyl sites for hydroxylation is 1. The van der Waals surface area contributed by atoms with E-state index in [1.807, 2.05) is 51.3 Å². The molecule has 0 radical (unpaired) electrons. The van der Waals surface area contributed by atoms with Gasteiger partial charge < -0.3 is 19.4 Å². The summed E-state index contributed by atoms with van der Waals surface area (Å²) in [4.78, 5) is 28.5. The first-order chi connectivity index (χ1) is 12.5. The number of nitrogens with zero attached hydrogens (tertiary/aromatic N) is 2. The fourth-order valence-corrected chi connectivity index (χ4v) is 2.68. The third kappa shape index (κ3) is 5.70. The van der Waals surface area contributed by atoms with Crippen molar-refractivity contribution in [1.29, 1.82) is 0 Å². The number of fused-ring (bicyclic) bond motifs is 1. The number of nitrogens with one attached hydrogen (secondary N) is 1. The molecule has 1 aromatic carbocycles. The molecule has 0 fully saturated rings. The first kappa shape index (κ1) is 20.7. The Morgan fingerprint density at radius 1 is 1.19 bits per heavy atom. The minimum absolute atomic E-state index is 0.320. The molecule has 0 bridgehead atoms. The Bertz CT molecular complexity index is 818. The van der Waals surface area contributed by atoms with E-state index < -0.39 is 17.2 Å². The van der Waals surface area contributed by atoms with Crippen LogP contribution in [0.5, 0.6) is 0 Å². The fourth-order valence-electron chi connectivity index (χ4n) is 2.68. The van der Waals surface area contributed by atoms with Crippen LogP contribution in [0.15, 0.2) is 24.5 Å². The minimum Gasteiger partial charge on any atom is -0.462 e. The molecule has 27 heavy (non-hydrogen) atoms. The number of amides is 1. The van der Waals surface area contributed by atoms with E-state index in [1.165, 1.54) is 0 Å². The number of hydrogen-bond donors (Lipinski definition) is 1. The maximum absolute atomic E-state index is 12.1. The van der Waals surface area contributed by atoms with Crippen molar-refractivity contribution >= 4 is 23.1 Å². The van der Waals surface area contributed by atoms with E-state index in [2.05, 4.69) is 10.3 Å². The first-order valence-corrected chi connectivity index (χ1v) is 9.14.